The van der Waals surface area contributed by atoms with Crippen LogP contribution in [0.2, 0.25) is 0 Å². The maximum atomic E-state index is 13.7. The molecule has 2 aromatic rings. The van der Waals surface area contributed by atoms with Crippen LogP contribution in [-0.4, -0.2) is 35.3 Å². The van der Waals surface area contributed by atoms with E-state index in [1.165, 1.54) is 18.2 Å². The molecule has 210 valence electrons. The first-order valence-electron chi connectivity index (χ1n) is 12.6. The fraction of sp³-hybridized carbons (Fsp3) is 0.464. The van der Waals surface area contributed by atoms with Gasteiger partial charge in [-0.25, -0.2) is 14.0 Å². The Kier molecular flexibility index (Phi) is 9.10. The molecule has 1 fully saturated rings. The molecule has 0 spiro atoms. The molecule has 2 atom stereocenters. The van der Waals surface area contributed by atoms with Gasteiger partial charge in [-0.3, -0.25) is 0 Å². The number of amides is 3. The van der Waals surface area contributed by atoms with Crippen molar-refractivity contribution in [2.45, 2.75) is 77.4 Å². The van der Waals surface area contributed by atoms with Crippen LogP contribution >= 0.6 is 0 Å². The Morgan fingerprint density at radius 2 is 1.85 bits per heavy atom. The highest BCUT2D eigenvalue weighted by Crippen LogP contribution is 2.33. The molecule has 0 radical (unpaired) electrons. The third-order valence-electron chi connectivity index (χ3n) is 6.23. The van der Waals surface area contributed by atoms with E-state index in [9.17, 15) is 32.4 Å². The maximum Gasteiger partial charge on any atom is 0.416 e. The van der Waals surface area contributed by atoms with Gasteiger partial charge in [0, 0.05) is 13.0 Å². The van der Waals surface area contributed by atoms with Gasteiger partial charge in [0.05, 0.1) is 23.2 Å². The first-order chi connectivity index (χ1) is 18.2. The van der Waals surface area contributed by atoms with Gasteiger partial charge in [0.1, 0.15) is 17.6 Å². The van der Waals surface area contributed by atoms with Gasteiger partial charge in [0.15, 0.2) is 0 Å². The summed E-state index contributed by atoms with van der Waals surface area (Å²) >= 11 is 0. The number of nitrogens with zero attached hydrogens (tertiary/aromatic N) is 2. The van der Waals surface area contributed by atoms with E-state index in [1.807, 2.05) is 0 Å². The van der Waals surface area contributed by atoms with Gasteiger partial charge in [-0.2, -0.15) is 18.4 Å². The van der Waals surface area contributed by atoms with Crippen molar-refractivity contribution < 1.29 is 31.9 Å². The molecule has 11 heteroatoms. The van der Waals surface area contributed by atoms with Gasteiger partial charge in [-0.15, -0.1) is 0 Å². The van der Waals surface area contributed by atoms with E-state index in [2.05, 4.69) is 10.6 Å². The fourth-order valence-corrected chi connectivity index (χ4v) is 4.60. The van der Waals surface area contributed by atoms with Gasteiger partial charge in [0.25, 0.3) is 0 Å². The number of carbonyl (C=O) groups is 2. The Morgan fingerprint density at radius 3 is 2.46 bits per heavy atom. The highest BCUT2D eigenvalue weighted by atomic mass is 19.4. The van der Waals surface area contributed by atoms with Crippen LogP contribution in [0.3, 0.4) is 0 Å². The van der Waals surface area contributed by atoms with Gasteiger partial charge in [0.2, 0.25) is 0 Å². The molecule has 7 nitrogen and oxygen atoms in total. The van der Waals surface area contributed by atoms with E-state index in [1.54, 1.807) is 44.7 Å². The van der Waals surface area contributed by atoms with Crippen LogP contribution in [0.1, 0.15) is 73.9 Å². The highest BCUT2D eigenvalue weighted by Gasteiger charge is 2.33. The molecular weight excluding hydrogens is 516 g/mol. The lowest BCUT2D eigenvalue weighted by molar-refractivity contribution is -0.137. The highest BCUT2D eigenvalue weighted by molar-refractivity contribution is 5.76. The monoisotopic (exact) mass is 548 g/mol. The molecule has 3 amide bonds. The number of likely N-dealkylation sites (tertiary alicyclic amines) is 1. The summed E-state index contributed by atoms with van der Waals surface area (Å²) in [5.74, 6) is -0.387. The number of halogens is 4. The second-order valence-corrected chi connectivity index (χ2v) is 10.6. The van der Waals surface area contributed by atoms with Crippen LogP contribution in [0, 0.1) is 24.1 Å². The van der Waals surface area contributed by atoms with E-state index >= 15 is 0 Å². The molecule has 1 heterocycles. The molecule has 1 saturated heterocycles. The summed E-state index contributed by atoms with van der Waals surface area (Å²) in [5.41, 5.74) is -0.504. The summed E-state index contributed by atoms with van der Waals surface area (Å²) in [5, 5.41) is 14.5. The summed E-state index contributed by atoms with van der Waals surface area (Å²) in [6, 6.07) is 8.09. The number of aryl methyl sites for hydroxylation is 1. The number of alkyl carbamates (subject to hydrolysis) is 1. The van der Waals surface area contributed by atoms with Crippen molar-refractivity contribution in [1.29, 1.82) is 5.26 Å². The molecule has 39 heavy (non-hydrogen) atoms. The zero-order valence-electron chi connectivity index (χ0n) is 22.3. The van der Waals surface area contributed by atoms with Crippen molar-refractivity contribution >= 4 is 12.1 Å². The molecule has 0 aliphatic carbocycles. The minimum Gasteiger partial charge on any atom is -0.444 e. The number of rotatable bonds is 5. The maximum absolute atomic E-state index is 13.7. The van der Waals surface area contributed by atoms with E-state index in [0.717, 1.165) is 30.5 Å². The number of nitrogens with one attached hydrogen (secondary N) is 2. The number of piperidine rings is 1. The summed E-state index contributed by atoms with van der Waals surface area (Å²) in [6.07, 6.45) is -4.72. The SMILES string of the molecule is Cc1cc(F)ccc1C1CCCCN1C(=O)NC(Cc1cc(C#N)cc(C(F)(F)F)c1)NC(=O)OC(C)(C)C. The van der Waals surface area contributed by atoms with Crippen LogP contribution < -0.4 is 10.6 Å². The number of hydrogen-bond acceptors (Lipinski definition) is 4. The zero-order chi connectivity index (χ0) is 29.0. The average Bonchev–Trinajstić information content (AvgIpc) is 2.82. The summed E-state index contributed by atoms with van der Waals surface area (Å²) < 4.78 is 59.3. The smallest absolute Gasteiger partial charge is 0.416 e. The number of benzene rings is 2. The molecule has 2 N–H and O–H groups in total. The minimum absolute atomic E-state index is 0.0901. The predicted octanol–water partition coefficient (Wildman–Crippen LogP) is 6.35. The van der Waals surface area contributed by atoms with Gasteiger partial charge >= 0.3 is 18.3 Å². The zero-order valence-corrected chi connectivity index (χ0v) is 22.3. The number of hydrogen-bond donors (Lipinski definition) is 2. The van der Waals surface area contributed by atoms with Crippen molar-refractivity contribution in [3.05, 3.63) is 70.0 Å². The Bertz CT molecular complexity index is 1250. The number of alkyl halides is 3. The lowest BCUT2D eigenvalue weighted by Crippen LogP contribution is -2.55. The van der Waals surface area contributed by atoms with Crippen molar-refractivity contribution in [2.75, 3.05) is 6.54 Å². The molecule has 2 unspecified atom stereocenters. The Labute approximate surface area is 225 Å². The molecule has 0 saturated carbocycles. The molecule has 2 aromatic carbocycles. The Balaban J connectivity index is 1.89. The molecule has 1 aliphatic rings. The second-order valence-electron chi connectivity index (χ2n) is 10.6. The Hall–Kier alpha value is -3.81. The van der Waals surface area contributed by atoms with Crippen molar-refractivity contribution in [1.82, 2.24) is 15.5 Å². The number of ether oxygens (including phenoxy) is 1. The van der Waals surface area contributed by atoms with Crippen molar-refractivity contribution in [2.24, 2.45) is 0 Å². The van der Waals surface area contributed by atoms with E-state index < -0.39 is 35.6 Å². The number of carbonyl (C=O) groups excluding carboxylic acids is 2. The average molecular weight is 549 g/mol. The lowest BCUT2D eigenvalue weighted by atomic mass is 9.92. The molecule has 0 aromatic heterocycles. The van der Waals surface area contributed by atoms with Crippen molar-refractivity contribution in [3.8, 4) is 6.07 Å². The quantitative estimate of drug-likeness (QED) is 0.336. The first kappa shape index (κ1) is 29.7. The molecule has 0 bridgehead atoms. The van der Waals surface area contributed by atoms with Gasteiger partial charge in [-0.05, 0) is 94.0 Å². The van der Waals surface area contributed by atoms with Gasteiger partial charge < -0.3 is 20.3 Å². The number of urea groups is 1. The summed E-state index contributed by atoms with van der Waals surface area (Å²) in [7, 11) is 0. The van der Waals surface area contributed by atoms with Crippen LogP contribution in [0.5, 0.6) is 0 Å². The normalized spacial score (nSPS) is 16.7. The molecular formula is C28H32F4N4O3. The largest absolute Gasteiger partial charge is 0.444 e. The van der Waals surface area contributed by atoms with Crippen molar-refractivity contribution in [3.63, 3.8) is 0 Å². The van der Waals surface area contributed by atoms with Gasteiger partial charge in [-0.1, -0.05) is 6.07 Å². The van der Waals surface area contributed by atoms with E-state index in [0.29, 0.717) is 18.5 Å². The first-order valence-corrected chi connectivity index (χ1v) is 12.6. The Morgan fingerprint density at radius 1 is 1.13 bits per heavy atom. The molecule has 3 rings (SSSR count). The van der Waals surface area contributed by atoms with Crippen LogP contribution in [0.15, 0.2) is 36.4 Å². The summed E-state index contributed by atoms with van der Waals surface area (Å²) in [4.78, 5) is 27.6. The van der Waals surface area contributed by atoms with E-state index in [-0.39, 0.29) is 29.4 Å². The number of nitriles is 1. The fourth-order valence-electron chi connectivity index (χ4n) is 4.60. The standard InChI is InChI=1S/C28H32F4N4O3/c1-17-11-21(29)8-9-22(17)23-7-5-6-10-36(23)25(37)34-24(35-26(38)39-27(2,3)4)15-18-12-19(16-33)14-20(13-18)28(30,31)32/h8-9,11-14,23-24H,5-7,10,15H2,1-4H3,(H,34,37)(H,35,38). The lowest BCUT2D eigenvalue weighted by Gasteiger charge is -2.38. The summed E-state index contributed by atoms with van der Waals surface area (Å²) in [6.45, 7) is 7.10. The topological polar surface area (TPSA) is 94.5 Å². The second kappa shape index (κ2) is 11.9. The van der Waals surface area contributed by atoms with E-state index in [4.69, 9.17) is 4.74 Å². The third-order valence-corrected chi connectivity index (χ3v) is 6.23. The van der Waals surface area contributed by atoms with Crippen LogP contribution in [-0.2, 0) is 17.3 Å². The third kappa shape index (κ3) is 8.34. The van der Waals surface area contributed by atoms with Crippen LogP contribution in [0.4, 0.5) is 27.2 Å². The minimum atomic E-state index is -4.69. The predicted molar refractivity (Wildman–Crippen MR) is 136 cm³/mol. The van der Waals surface area contributed by atoms with Crippen LogP contribution in [0.25, 0.3) is 0 Å². The molecule has 1 aliphatic heterocycles.